The fraction of sp³-hybridized carbons (Fsp3) is 0.182. The first-order valence-corrected chi connectivity index (χ1v) is 9.22. The van der Waals surface area contributed by atoms with Crippen molar-refractivity contribution in [3.63, 3.8) is 0 Å². The molecule has 2 aromatic rings. The molecule has 3 rings (SSSR count). The summed E-state index contributed by atoms with van der Waals surface area (Å²) in [4.78, 5) is 18.6. The molecule has 2 amide bonds. The highest BCUT2D eigenvalue weighted by molar-refractivity contribution is 5.92. The van der Waals surface area contributed by atoms with Crippen LogP contribution < -0.4 is 21.1 Å². The lowest BCUT2D eigenvalue weighted by atomic mass is 10.1. The molecule has 1 aliphatic rings. The molecule has 0 spiro atoms. The van der Waals surface area contributed by atoms with Gasteiger partial charge in [0.15, 0.2) is 0 Å². The van der Waals surface area contributed by atoms with Crippen LogP contribution in [0.15, 0.2) is 72.7 Å². The van der Waals surface area contributed by atoms with Gasteiger partial charge in [-0.25, -0.2) is 9.78 Å². The zero-order valence-corrected chi connectivity index (χ0v) is 16.6. The second kappa shape index (κ2) is 8.97. The van der Waals surface area contributed by atoms with E-state index >= 15 is 0 Å². The van der Waals surface area contributed by atoms with Gasteiger partial charge in [-0.05, 0) is 42.8 Å². The number of ether oxygens (including phenoxy) is 1. The number of anilines is 2. The lowest BCUT2D eigenvalue weighted by Gasteiger charge is -2.30. The number of rotatable bonds is 7. The molecule has 1 aromatic heterocycles. The Kier molecular flexibility index (Phi) is 6.19. The van der Waals surface area contributed by atoms with E-state index < -0.39 is 0 Å². The van der Waals surface area contributed by atoms with Crippen LogP contribution in [0.5, 0.6) is 5.75 Å². The zero-order chi connectivity index (χ0) is 20.8. The summed E-state index contributed by atoms with van der Waals surface area (Å²) in [5.41, 5.74) is 9.76. The summed E-state index contributed by atoms with van der Waals surface area (Å²) in [6.45, 7) is 6.52. The van der Waals surface area contributed by atoms with Crippen LogP contribution in [0.4, 0.5) is 16.3 Å². The number of carbonyl (C=O) groups excluding carboxylic acids is 1. The Bertz CT molecular complexity index is 964. The van der Waals surface area contributed by atoms with Crippen LogP contribution in [0, 0.1) is 0 Å². The molecule has 0 fully saturated rings. The maximum atomic E-state index is 12.5. The van der Waals surface area contributed by atoms with Crippen LogP contribution in [-0.4, -0.2) is 23.0 Å². The number of nitrogens with zero attached hydrogens (tertiary/aromatic N) is 2. The summed E-state index contributed by atoms with van der Waals surface area (Å²) < 4.78 is 5.19. The number of fused-ring (bicyclic) bond motifs is 1. The normalized spacial score (nSPS) is 13.8. The highest BCUT2D eigenvalue weighted by Crippen LogP contribution is 2.30. The Morgan fingerprint density at radius 3 is 2.76 bits per heavy atom. The SMILES string of the molecule is C=C(N)/C=C/C(=C/C)Nc1ccnc2c1CN(Cc1ccc(OC)cc1)C(=O)N2. The molecule has 0 saturated carbocycles. The molecule has 0 bridgehead atoms. The fourth-order valence-electron chi connectivity index (χ4n) is 2.96. The second-order valence-corrected chi connectivity index (χ2v) is 6.60. The molecule has 29 heavy (non-hydrogen) atoms. The predicted molar refractivity (Wildman–Crippen MR) is 115 cm³/mol. The molecule has 0 unspecified atom stereocenters. The van der Waals surface area contributed by atoms with E-state index in [1.807, 2.05) is 49.4 Å². The Morgan fingerprint density at radius 2 is 2.10 bits per heavy atom. The first-order chi connectivity index (χ1) is 14.0. The standard InChI is InChI=1S/C22H25N5O2/c1-4-17(8-5-15(2)23)25-20-11-12-24-21-19(20)14-27(22(28)26-21)13-16-6-9-18(29-3)10-7-16/h4-12H,2,13-14,23H2,1,3H3,(H2,24,25,26,28)/b8-5+,17-4-. The molecule has 1 aliphatic heterocycles. The van der Waals surface area contributed by atoms with E-state index in [2.05, 4.69) is 22.2 Å². The monoisotopic (exact) mass is 391 g/mol. The van der Waals surface area contributed by atoms with Crippen molar-refractivity contribution in [2.24, 2.45) is 5.73 Å². The second-order valence-electron chi connectivity index (χ2n) is 6.60. The molecule has 0 aliphatic carbocycles. The van der Waals surface area contributed by atoms with Crippen molar-refractivity contribution in [3.05, 3.63) is 83.9 Å². The lowest BCUT2D eigenvalue weighted by molar-refractivity contribution is 0.203. The number of allylic oxidation sites excluding steroid dienone is 3. The van der Waals surface area contributed by atoms with Crippen molar-refractivity contribution in [2.75, 3.05) is 17.7 Å². The molecule has 0 radical (unpaired) electrons. The molecule has 1 aromatic carbocycles. The smallest absolute Gasteiger partial charge is 0.323 e. The summed E-state index contributed by atoms with van der Waals surface area (Å²) in [6.07, 6.45) is 7.18. The summed E-state index contributed by atoms with van der Waals surface area (Å²) in [5, 5.41) is 6.24. The van der Waals surface area contributed by atoms with Crippen molar-refractivity contribution in [1.29, 1.82) is 0 Å². The summed E-state index contributed by atoms with van der Waals surface area (Å²) in [5.74, 6) is 1.35. The Hall–Kier alpha value is -3.74. The molecule has 7 nitrogen and oxygen atoms in total. The third-order valence-corrected chi connectivity index (χ3v) is 4.52. The molecule has 4 N–H and O–H groups in total. The van der Waals surface area contributed by atoms with E-state index in [0.29, 0.717) is 24.6 Å². The van der Waals surface area contributed by atoms with Gasteiger partial charge < -0.3 is 20.7 Å². The number of hydrogen-bond donors (Lipinski definition) is 3. The van der Waals surface area contributed by atoms with E-state index in [4.69, 9.17) is 10.5 Å². The zero-order valence-electron chi connectivity index (χ0n) is 16.6. The first kappa shape index (κ1) is 20.0. The number of urea groups is 1. The Labute approximate surface area is 170 Å². The number of nitrogens with two attached hydrogens (primary N) is 1. The molecular formula is C22H25N5O2. The van der Waals surface area contributed by atoms with Gasteiger partial charge in [-0.3, -0.25) is 5.32 Å². The van der Waals surface area contributed by atoms with Gasteiger partial charge >= 0.3 is 6.03 Å². The topological polar surface area (TPSA) is 92.5 Å². The van der Waals surface area contributed by atoms with Crippen molar-refractivity contribution in [1.82, 2.24) is 9.88 Å². The molecule has 7 heteroatoms. The van der Waals surface area contributed by atoms with E-state index in [-0.39, 0.29) is 6.03 Å². The van der Waals surface area contributed by atoms with Crippen molar-refractivity contribution in [3.8, 4) is 5.75 Å². The minimum absolute atomic E-state index is 0.177. The maximum absolute atomic E-state index is 12.5. The van der Waals surface area contributed by atoms with Gasteiger partial charge in [-0.2, -0.15) is 0 Å². The highest BCUT2D eigenvalue weighted by atomic mass is 16.5. The Balaban J connectivity index is 1.81. The molecule has 150 valence electrons. The number of pyridine rings is 1. The number of amides is 2. The largest absolute Gasteiger partial charge is 0.497 e. The fourth-order valence-corrected chi connectivity index (χ4v) is 2.96. The summed E-state index contributed by atoms with van der Waals surface area (Å²) in [7, 11) is 1.63. The average Bonchev–Trinajstić information content (AvgIpc) is 2.72. The van der Waals surface area contributed by atoms with E-state index in [1.165, 1.54) is 0 Å². The van der Waals surface area contributed by atoms with Gasteiger partial charge in [0.2, 0.25) is 0 Å². The van der Waals surface area contributed by atoms with Crippen molar-refractivity contribution in [2.45, 2.75) is 20.0 Å². The number of methoxy groups -OCH3 is 1. The van der Waals surface area contributed by atoms with Gasteiger partial charge in [0, 0.05) is 35.4 Å². The molecular weight excluding hydrogens is 366 g/mol. The number of hydrogen-bond acceptors (Lipinski definition) is 5. The van der Waals surface area contributed by atoms with Gasteiger partial charge in [0.1, 0.15) is 11.6 Å². The van der Waals surface area contributed by atoms with E-state index in [1.54, 1.807) is 24.3 Å². The van der Waals surface area contributed by atoms with Crippen LogP contribution in [0.3, 0.4) is 0 Å². The minimum atomic E-state index is -0.177. The average molecular weight is 391 g/mol. The molecule has 0 atom stereocenters. The Morgan fingerprint density at radius 1 is 1.34 bits per heavy atom. The predicted octanol–water partition coefficient (Wildman–Crippen LogP) is 3.98. The third-order valence-electron chi connectivity index (χ3n) is 4.52. The number of benzene rings is 1. The van der Waals surface area contributed by atoms with Crippen LogP contribution in [0.2, 0.25) is 0 Å². The quantitative estimate of drug-likeness (QED) is 0.621. The van der Waals surface area contributed by atoms with Gasteiger partial charge in [-0.15, -0.1) is 0 Å². The van der Waals surface area contributed by atoms with Crippen LogP contribution in [0.1, 0.15) is 18.1 Å². The van der Waals surface area contributed by atoms with Crippen molar-refractivity contribution >= 4 is 17.5 Å². The van der Waals surface area contributed by atoms with E-state index in [0.717, 1.165) is 28.3 Å². The summed E-state index contributed by atoms with van der Waals surface area (Å²) in [6, 6.07) is 9.38. The molecule has 2 heterocycles. The maximum Gasteiger partial charge on any atom is 0.323 e. The van der Waals surface area contributed by atoms with Crippen LogP contribution >= 0.6 is 0 Å². The van der Waals surface area contributed by atoms with Gasteiger partial charge in [-0.1, -0.05) is 24.8 Å². The van der Waals surface area contributed by atoms with E-state index in [9.17, 15) is 4.79 Å². The number of nitrogens with one attached hydrogen (secondary N) is 2. The lowest BCUT2D eigenvalue weighted by Crippen LogP contribution is -2.38. The van der Waals surface area contributed by atoms with Gasteiger partial charge in [0.25, 0.3) is 0 Å². The number of carbonyl (C=O) groups is 1. The molecule has 0 saturated heterocycles. The number of aromatic nitrogens is 1. The minimum Gasteiger partial charge on any atom is -0.497 e. The van der Waals surface area contributed by atoms with Crippen molar-refractivity contribution < 1.29 is 9.53 Å². The van der Waals surface area contributed by atoms with Crippen LogP contribution in [-0.2, 0) is 13.1 Å². The third kappa shape index (κ3) is 4.95. The van der Waals surface area contributed by atoms with Gasteiger partial charge in [0.05, 0.1) is 13.7 Å². The highest BCUT2D eigenvalue weighted by Gasteiger charge is 2.25. The summed E-state index contributed by atoms with van der Waals surface area (Å²) >= 11 is 0. The van der Waals surface area contributed by atoms with Crippen LogP contribution in [0.25, 0.3) is 0 Å². The first-order valence-electron chi connectivity index (χ1n) is 9.22.